The molecule has 4 N–H and O–H groups in total. The summed E-state index contributed by atoms with van der Waals surface area (Å²) in [5.41, 5.74) is 1.40. The van der Waals surface area contributed by atoms with Crippen LogP contribution in [0.25, 0.3) is 0 Å². The lowest BCUT2D eigenvalue weighted by Crippen LogP contribution is -1.95. The molecule has 0 saturated heterocycles. The summed E-state index contributed by atoms with van der Waals surface area (Å²) in [6.07, 6.45) is 1.40. The third kappa shape index (κ3) is 1.47. The minimum atomic E-state index is 0.163. The molecule has 0 heterocycles. The molecule has 1 aromatic rings. The summed E-state index contributed by atoms with van der Waals surface area (Å²) in [6.45, 7) is 0. The van der Waals surface area contributed by atoms with Crippen LogP contribution in [0.4, 0.5) is 5.69 Å². The molecule has 0 aliphatic rings. The number of benzene rings is 1. The van der Waals surface area contributed by atoms with Gasteiger partial charge in [0.05, 0.1) is 11.8 Å². The highest BCUT2D eigenvalue weighted by Crippen LogP contribution is 2.22. The van der Waals surface area contributed by atoms with Gasteiger partial charge in [-0.25, -0.2) is 0 Å². The van der Waals surface area contributed by atoms with Gasteiger partial charge in [-0.15, -0.1) is 0 Å². The topological polar surface area (TPSA) is 70.6 Å². The molecule has 0 radical (unpaired) electrons. The van der Waals surface area contributed by atoms with Gasteiger partial charge >= 0.3 is 0 Å². The van der Waals surface area contributed by atoms with Gasteiger partial charge in [0, 0.05) is 12.7 Å². The van der Waals surface area contributed by atoms with Crippen molar-refractivity contribution in [2.75, 3.05) is 12.4 Å². The molecule has 0 fully saturated rings. The molecule has 4 nitrogen and oxygen atoms in total. The molecular formula is C8H11N3O. The van der Waals surface area contributed by atoms with Crippen LogP contribution in [-0.4, -0.2) is 18.4 Å². The van der Waals surface area contributed by atoms with Crippen LogP contribution in [0, 0.1) is 0 Å². The van der Waals surface area contributed by atoms with Crippen molar-refractivity contribution in [1.29, 1.82) is 0 Å². The molecule has 12 heavy (non-hydrogen) atoms. The van der Waals surface area contributed by atoms with Gasteiger partial charge in [-0.2, -0.15) is 5.10 Å². The van der Waals surface area contributed by atoms with E-state index in [0.717, 1.165) is 5.69 Å². The van der Waals surface area contributed by atoms with E-state index >= 15 is 0 Å². The molecule has 0 saturated carbocycles. The predicted molar refractivity (Wildman–Crippen MR) is 49.4 cm³/mol. The van der Waals surface area contributed by atoms with E-state index in [1.807, 2.05) is 6.07 Å². The summed E-state index contributed by atoms with van der Waals surface area (Å²) in [5, 5.41) is 15.6. The monoisotopic (exact) mass is 165 g/mol. The third-order valence-corrected chi connectivity index (χ3v) is 1.56. The second-order valence-electron chi connectivity index (χ2n) is 2.27. The zero-order valence-electron chi connectivity index (χ0n) is 6.78. The molecule has 0 amide bonds. The molecule has 0 spiro atoms. The molecule has 0 aliphatic carbocycles. The van der Waals surface area contributed by atoms with Crippen molar-refractivity contribution in [3.63, 3.8) is 0 Å². The fourth-order valence-electron chi connectivity index (χ4n) is 0.981. The highest BCUT2D eigenvalue weighted by molar-refractivity contribution is 5.90. The van der Waals surface area contributed by atoms with Gasteiger partial charge in [-0.1, -0.05) is 6.07 Å². The van der Waals surface area contributed by atoms with Gasteiger partial charge in [-0.05, 0) is 12.1 Å². The maximum Gasteiger partial charge on any atom is 0.126 e. The zero-order valence-corrected chi connectivity index (χ0v) is 6.78. The summed E-state index contributed by atoms with van der Waals surface area (Å²) >= 11 is 0. The van der Waals surface area contributed by atoms with E-state index in [2.05, 4.69) is 10.4 Å². The van der Waals surface area contributed by atoms with Crippen molar-refractivity contribution in [2.45, 2.75) is 0 Å². The Bertz CT molecular complexity index is 296. The van der Waals surface area contributed by atoms with Gasteiger partial charge in [-0.3, -0.25) is 0 Å². The number of nitrogens with two attached hydrogens (primary N) is 1. The van der Waals surface area contributed by atoms with Crippen molar-refractivity contribution < 1.29 is 5.11 Å². The first kappa shape index (κ1) is 8.39. The average Bonchev–Trinajstić information content (AvgIpc) is 2.09. The van der Waals surface area contributed by atoms with E-state index in [-0.39, 0.29) is 5.75 Å². The Balaban J connectivity index is 3.19. The molecule has 1 rings (SSSR count). The van der Waals surface area contributed by atoms with Crippen molar-refractivity contribution in [3.8, 4) is 5.75 Å². The normalized spacial score (nSPS) is 10.4. The highest BCUT2D eigenvalue weighted by atomic mass is 16.3. The fourth-order valence-corrected chi connectivity index (χ4v) is 0.981. The van der Waals surface area contributed by atoms with Crippen LogP contribution in [0.15, 0.2) is 23.3 Å². The number of anilines is 1. The standard InChI is InChI=1S/C8H11N3O/c1-10-7-3-2-4-8(12)6(7)5-11-9/h2-5,10,12H,9H2,1H3. The summed E-state index contributed by atoms with van der Waals surface area (Å²) in [7, 11) is 1.77. The van der Waals surface area contributed by atoms with E-state index in [4.69, 9.17) is 5.84 Å². The van der Waals surface area contributed by atoms with Gasteiger partial charge in [0.15, 0.2) is 0 Å². The minimum Gasteiger partial charge on any atom is -0.507 e. The second kappa shape index (κ2) is 3.61. The summed E-state index contributed by atoms with van der Waals surface area (Å²) in [4.78, 5) is 0. The molecule has 0 aromatic heterocycles. The molecule has 0 unspecified atom stereocenters. The smallest absolute Gasteiger partial charge is 0.126 e. The molecule has 4 heteroatoms. The van der Waals surface area contributed by atoms with Crippen LogP contribution >= 0.6 is 0 Å². The number of aromatic hydroxyl groups is 1. The van der Waals surface area contributed by atoms with Gasteiger partial charge in [0.1, 0.15) is 5.75 Å². The quantitative estimate of drug-likeness (QED) is 0.343. The van der Waals surface area contributed by atoms with Crippen LogP contribution in [0.5, 0.6) is 5.75 Å². The number of rotatable bonds is 2. The first-order chi connectivity index (χ1) is 5.79. The molecule has 64 valence electrons. The SMILES string of the molecule is CNc1cccc(O)c1C=NN. The summed E-state index contributed by atoms with van der Waals surface area (Å²) < 4.78 is 0. The Labute approximate surface area is 70.7 Å². The lowest BCUT2D eigenvalue weighted by molar-refractivity contribution is 0.475. The van der Waals surface area contributed by atoms with Crippen LogP contribution < -0.4 is 11.2 Å². The van der Waals surface area contributed by atoms with E-state index in [1.165, 1.54) is 6.21 Å². The lowest BCUT2D eigenvalue weighted by atomic mass is 10.2. The average molecular weight is 165 g/mol. The Hall–Kier alpha value is -1.71. The second-order valence-corrected chi connectivity index (χ2v) is 2.27. The van der Waals surface area contributed by atoms with Crippen LogP contribution in [0.1, 0.15) is 5.56 Å². The Kier molecular flexibility index (Phi) is 2.53. The summed E-state index contributed by atoms with van der Waals surface area (Å²) in [5.74, 6) is 5.15. The Morgan fingerprint density at radius 2 is 2.33 bits per heavy atom. The number of nitrogens with one attached hydrogen (secondary N) is 1. The first-order valence-electron chi connectivity index (χ1n) is 3.52. The van der Waals surface area contributed by atoms with E-state index in [1.54, 1.807) is 19.2 Å². The Morgan fingerprint density at radius 3 is 2.92 bits per heavy atom. The van der Waals surface area contributed by atoms with E-state index in [9.17, 15) is 5.11 Å². The Morgan fingerprint density at radius 1 is 1.58 bits per heavy atom. The van der Waals surface area contributed by atoms with Gasteiger partial charge in [0.2, 0.25) is 0 Å². The predicted octanol–water partition coefficient (Wildman–Crippen LogP) is 0.726. The van der Waals surface area contributed by atoms with Gasteiger partial charge in [0.25, 0.3) is 0 Å². The van der Waals surface area contributed by atoms with Gasteiger partial charge < -0.3 is 16.3 Å². The number of nitrogens with zero attached hydrogens (tertiary/aromatic N) is 1. The maximum atomic E-state index is 9.37. The zero-order chi connectivity index (χ0) is 8.97. The van der Waals surface area contributed by atoms with E-state index in [0.29, 0.717) is 5.56 Å². The largest absolute Gasteiger partial charge is 0.507 e. The fraction of sp³-hybridized carbons (Fsp3) is 0.125. The molecule has 1 aromatic carbocycles. The third-order valence-electron chi connectivity index (χ3n) is 1.56. The van der Waals surface area contributed by atoms with E-state index < -0.39 is 0 Å². The number of hydrogen-bond acceptors (Lipinski definition) is 4. The number of hydrogen-bond donors (Lipinski definition) is 3. The summed E-state index contributed by atoms with van der Waals surface area (Å²) in [6, 6.07) is 5.16. The highest BCUT2D eigenvalue weighted by Gasteiger charge is 2.02. The minimum absolute atomic E-state index is 0.163. The van der Waals surface area contributed by atoms with Crippen LogP contribution in [0.3, 0.4) is 0 Å². The molecular weight excluding hydrogens is 154 g/mol. The molecule has 0 aliphatic heterocycles. The first-order valence-corrected chi connectivity index (χ1v) is 3.52. The van der Waals surface area contributed by atoms with Crippen LogP contribution in [-0.2, 0) is 0 Å². The number of phenols is 1. The van der Waals surface area contributed by atoms with Crippen molar-refractivity contribution in [2.24, 2.45) is 10.9 Å². The lowest BCUT2D eigenvalue weighted by Gasteiger charge is -2.05. The molecule has 0 atom stereocenters. The van der Waals surface area contributed by atoms with Crippen molar-refractivity contribution in [3.05, 3.63) is 23.8 Å². The maximum absolute atomic E-state index is 9.37. The molecule has 0 bridgehead atoms. The van der Waals surface area contributed by atoms with Crippen LogP contribution in [0.2, 0.25) is 0 Å². The van der Waals surface area contributed by atoms with Crippen molar-refractivity contribution >= 4 is 11.9 Å². The number of hydrazone groups is 1. The van der Waals surface area contributed by atoms with Crippen molar-refractivity contribution in [1.82, 2.24) is 0 Å². The number of phenolic OH excluding ortho intramolecular Hbond substituents is 1.